The number of nitrogens with zero attached hydrogens (tertiary/aromatic N) is 3. The number of alkyl halides is 2. The van der Waals surface area contributed by atoms with E-state index in [2.05, 4.69) is 10.3 Å². The predicted octanol–water partition coefficient (Wildman–Crippen LogP) is 1.81. The van der Waals surface area contributed by atoms with Crippen LogP contribution in [0.4, 0.5) is 8.78 Å². The molecule has 0 unspecified atom stereocenters. The largest absolute Gasteiger partial charge is 0.476 e. The Labute approximate surface area is 96.4 Å². The van der Waals surface area contributed by atoms with Gasteiger partial charge in [0.05, 0.1) is 0 Å². The van der Waals surface area contributed by atoms with Crippen molar-refractivity contribution in [2.75, 3.05) is 0 Å². The summed E-state index contributed by atoms with van der Waals surface area (Å²) in [6, 6.07) is 0. The van der Waals surface area contributed by atoms with E-state index in [0.29, 0.717) is 5.69 Å². The molecular weight excluding hydrogens is 232 g/mol. The lowest BCUT2D eigenvalue weighted by Gasteiger charge is -2.27. The molecule has 1 N–H and O–H groups in total. The Morgan fingerprint density at radius 3 is 2.59 bits per heavy atom. The summed E-state index contributed by atoms with van der Waals surface area (Å²) in [5.74, 6) is -3.97. The van der Waals surface area contributed by atoms with E-state index in [0.717, 1.165) is 0 Å². The molecule has 1 aromatic rings. The van der Waals surface area contributed by atoms with Gasteiger partial charge in [0, 0.05) is 25.8 Å². The standard InChI is InChI=1S/C10H13F2N3O2/c1-15-8(9(16)17)7(13-14-15)6-2-4-10(11,12)5-3-6/h6H,2-5H2,1H3,(H,16,17). The van der Waals surface area contributed by atoms with Gasteiger partial charge in [0.25, 0.3) is 0 Å². The zero-order valence-corrected chi connectivity index (χ0v) is 9.36. The van der Waals surface area contributed by atoms with Crippen molar-refractivity contribution in [3.63, 3.8) is 0 Å². The Hall–Kier alpha value is -1.53. The smallest absolute Gasteiger partial charge is 0.356 e. The number of hydrogen-bond donors (Lipinski definition) is 1. The second-order valence-corrected chi connectivity index (χ2v) is 4.38. The highest BCUT2D eigenvalue weighted by Crippen LogP contribution is 2.40. The van der Waals surface area contributed by atoms with E-state index < -0.39 is 11.9 Å². The Bertz CT molecular complexity index is 435. The lowest BCUT2D eigenvalue weighted by molar-refractivity contribution is -0.0385. The van der Waals surface area contributed by atoms with Crippen molar-refractivity contribution in [3.05, 3.63) is 11.4 Å². The van der Waals surface area contributed by atoms with E-state index >= 15 is 0 Å². The molecule has 0 spiro atoms. The summed E-state index contributed by atoms with van der Waals surface area (Å²) in [4.78, 5) is 11.0. The van der Waals surface area contributed by atoms with Crippen molar-refractivity contribution < 1.29 is 18.7 Å². The number of carboxylic acid groups (broad SMARTS) is 1. The van der Waals surface area contributed by atoms with Gasteiger partial charge >= 0.3 is 5.97 Å². The van der Waals surface area contributed by atoms with Gasteiger partial charge in [0.1, 0.15) is 5.69 Å². The summed E-state index contributed by atoms with van der Waals surface area (Å²) >= 11 is 0. The number of aryl methyl sites for hydroxylation is 1. The van der Waals surface area contributed by atoms with Crippen LogP contribution in [0.15, 0.2) is 0 Å². The first kappa shape index (κ1) is 11.9. The van der Waals surface area contributed by atoms with Gasteiger partial charge < -0.3 is 5.11 Å². The molecule has 17 heavy (non-hydrogen) atoms. The van der Waals surface area contributed by atoms with Gasteiger partial charge in [-0.1, -0.05) is 5.21 Å². The molecule has 0 atom stereocenters. The fourth-order valence-electron chi connectivity index (χ4n) is 2.21. The molecule has 1 aliphatic carbocycles. The first-order valence-electron chi connectivity index (χ1n) is 5.41. The monoisotopic (exact) mass is 245 g/mol. The van der Waals surface area contributed by atoms with Gasteiger partial charge in [0.15, 0.2) is 5.69 Å². The van der Waals surface area contributed by atoms with E-state index in [1.807, 2.05) is 0 Å². The first-order chi connectivity index (χ1) is 7.91. The summed E-state index contributed by atoms with van der Waals surface area (Å²) in [6.07, 6.45) is 0.0819. The lowest BCUT2D eigenvalue weighted by Crippen LogP contribution is -2.24. The van der Waals surface area contributed by atoms with Crippen LogP contribution in [0, 0.1) is 0 Å². The second-order valence-electron chi connectivity index (χ2n) is 4.38. The van der Waals surface area contributed by atoms with Crippen molar-refractivity contribution in [2.24, 2.45) is 7.05 Å². The lowest BCUT2D eigenvalue weighted by atomic mass is 9.84. The van der Waals surface area contributed by atoms with E-state index in [1.54, 1.807) is 0 Å². The predicted molar refractivity (Wildman–Crippen MR) is 54.1 cm³/mol. The van der Waals surface area contributed by atoms with Crippen LogP contribution in [0.25, 0.3) is 0 Å². The zero-order valence-electron chi connectivity index (χ0n) is 9.36. The van der Waals surface area contributed by atoms with Crippen LogP contribution in [0.2, 0.25) is 0 Å². The molecule has 1 fully saturated rings. The molecule has 94 valence electrons. The maximum Gasteiger partial charge on any atom is 0.356 e. The molecule has 0 aliphatic heterocycles. The molecule has 2 rings (SSSR count). The quantitative estimate of drug-likeness (QED) is 0.862. The minimum absolute atomic E-state index is 0.000200. The van der Waals surface area contributed by atoms with Crippen LogP contribution in [0.5, 0.6) is 0 Å². The Morgan fingerprint density at radius 1 is 1.47 bits per heavy atom. The van der Waals surface area contributed by atoms with Crippen molar-refractivity contribution in [2.45, 2.75) is 37.5 Å². The van der Waals surface area contributed by atoms with Crippen LogP contribution in [0.1, 0.15) is 47.8 Å². The molecular formula is C10H13F2N3O2. The number of aromatic nitrogens is 3. The normalized spacial score (nSPS) is 20.4. The van der Waals surface area contributed by atoms with Crippen molar-refractivity contribution in [1.82, 2.24) is 15.0 Å². The van der Waals surface area contributed by atoms with Crippen molar-refractivity contribution in [1.29, 1.82) is 0 Å². The molecule has 1 saturated carbocycles. The molecule has 1 heterocycles. The molecule has 0 bridgehead atoms. The van der Waals surface area contributed by atoms with Crippen LogP contribution in [0.3, 0.4) is 0 Å². The van der Waals surface area contributed by atoms with E-state index in [-0.39, 0.29) is 37.3 Å². The Kier molecular flexibility index (Phi) is 2.84. The third-order valence-corrected chi connectivity index (χ3v) is 3.16. The molecule has 1 aliphatic rings. The van der Waals surface area contributed by atoms with Crippen LogP contribution in [-0.4, -0.2) is 32.0 Å². The molecule has 0 amide bonds. The topological polar surface area (TPSA) is 68.0 Å². The number of carboxylic acids is 1. The number of aromatic carboxylic acids is 1. The van der Waals surface area contributed by atoms with Crippen LogP contribution >= 0.6 is 0 Å². The Balaban J connectivity index is 2.22. The van der Waals surface area contributed by atoms with Gasteiger partial charge in [0.2, 0.25) is 5.92 Å². The maximum atomic E-state index is 13.0. The van der Waals surface area contributed by atoms with E-state index in [9.17, 15) is 13.6 Å². The van der Waals surface area contributed by atoms with Gasteiger partial charge in [-0.25, -0.2) is 18.3 Å². The minimum atomic E-state index is -2.62. The first-order valence-corrected chi connectivity index (χ1v) is 5.41. The highest BCUT2D eigenvalue weighted by atomic mass is 19.3. The molecule has 0 aromatic carbocycles. The summed E-state index contributed by atoms with van der Waals surface area (Å²) in [5.41, 5.74) is 0.329. The number of halogens is 2. The van der Waals surface area contributed by atoms with E-state index in [4.69, 9.17) is 5.11 Å². The third-order valence-electron chi connectivity index (χ3n) is 3.16. The number of hydrogen-bond acceptors (Lipinski definition) is 3. The van der Waals surface area contributed by atoms with Gasteiger partial charge in [-0.05, 0) is 12.8 Å². The summed E-state index contributed by atoms with van der Waals surface area (Å²) in [6.45, 7) is 0. The second kappa shape index (κ2) is 4.05. The highest BCUT2D eigenvalue weighted by Gasteiger charge is 2.38. The summed E-state index contributed by atoms with van der Waals surface area (Å²) in [5, 5.41) is 16.5. The SMILES string of the molecule is Cn1nnc(C2CCC(F)(F)CC2)c1C(=O)O. The van der Waals surface area contributed by atoms with Gasteiger partial charge in [-0.2, -0.15) is 0 Å². The van der Waals surface area contributed by atoms with Crippen molar-refractivity contribution in [3.8, 4) is 0 Å². The molecule has 0 radical (unpaired) electrons. The summed E-state index contributed by atoms with van der Waals surface area (Å²) in [7, 11) is 1.48. The zero-order chi connectivity index (χ0) is 12.6. The number of rotatable bonds is 2. The van der Waals surface area contributed by atoms with Crippen LogP contribution < -0.4 is 0 Å². The third kappa shape index (κ3) is 2.27. The van der Waals surface area contributed by atoms with Gasteiger partial charge in [-0.3, -0.25) is 0 Å². The molecule has 5 nitrogen and oxygen atoms in total. The summed E-state index contributed by atoms with van der Waals surface area (Å²) < 4.78 is 27.2. The Morgan fingerprint density at radius 2 is 2.06 bits per heavy atom. The molecule has 7 heteroatoms. The highest BCUT2D eigenvalue weighted by molar-refractivity contribution is 5.86. The minimum Gasteiger partial charge on any atom is -0.476 e. The average molecular weight is 245 g/mol. The fourth-order valence-corrected chi connectivity index (χ4v) is 2.21. The number of carbonyl (C=O) groups is 1. The van der Waals surface area contributed by atoms with E-state index in [1.165, 1.54) is 11.7 Å². The van der Waals surface area contributed by atoms with Crippen molar-refractivity contribution >= 4 is 5.97 Å². The molecule has 0 saturated heterocycles. The fraction of sp³-hybridized carbons (Fsp3) is 0.700. The molecule has 1 aromatic heterocycles. The average Bonchev–Trinajstić information content (AvgIpc) is 2.60. The maximum absolute atomic E-state index is 13.0. The van der Waals surface area contributed by atoms with Crippen LogP contribution in [-0.2, 0) is 7.05 Å². The van der Waals surface area contributed by atoms with Gasteiger partial charge in [-0.15, -0.1) is 5.10 Å².